The molecule has 6 nitrogen and oxygen atoms in total. The monoisotopic (exact) mass is 299 g/mol. The highest BCUT2D eigenvalue weighted by Crippen LogP contribution is 2.25. The van der Waals surface area contributed by atoms with Crippen molar-refractivity contribution in [2.24, 2.45) is 0 Å². The maximum Gasteiger partial charge on any atom is 0.153 e. The van der Waals surface area contributed by atoms with Crippen LogP contribution in [0, 0.1) is 0 Å². The molecule has 1 fully saturated rings. The number of hydrogen-bond acceptors (Lipinski definition) is 5. The molecule has 2 unspecified atom stereocenters. The van der Waals surface area contributed by atoms with Gasteiger partial charge in [-0.25, -0.2) is 18.1 Å². The second kappa shape index (κ2) is 5.44. The first-order valence-electron chi connectivity index (χ1n) is 7.37. The minimum Gasteiger partial charge on any atom is -0.394 e. The van der Waals surface area contributed by atoms with E-state index in [1.54, 1.807) is 4.68 Å². The van der Waals surface area contributed by atoms with Crippen LogP contribution in [-0.2, 0) is 22.7 Å². The van der Waals surface area contributed by atoms with Gasteiger partial charge in [0.2, 0.25) is 0 Å². The standard InChI is InChI=1S/C13H21N3O3S/c17-9-10-4-3-6-13-14-12(15-16(10)13)8-11-5-1-2-7-20(11,18)19/h10-11,17H,1-9H2. The number of aromatic nitrogens is 3. The predicted molar refractivity (Wildman–Crippen MR) is 74.2 cm³/mol. The molecule has 2 aliphatic rings. The van der Waals surface area contributed by atoms with Gasteiger partial charge in [0.15, 0.2) is 15.7 Å². The molecule has 0 saturated carbocycles. The van der Waals surface area contributed by atoms with Crippen molar-refractivity contribution in [2.75, 3.05) is 12.4 Å². The molecule has 0 amide bonds. The second-order valence-corrected chi connectivity index (χ2v) is 8.21. The number of fused-ring (bicyclic) bond motifs is 1. The number of aliphatic hydroxyl groups is 1. The quantitative estimate of drug-likeness (QED) is 0.886. The van der Waals surface area contributed by atoms with Crippen LogP contribution in [0.4, 0.5) is 0 Å². The van der Waals surface area contributed by atoms with Gasteiger partial charge in [0, 0.05) is 12.8 Å². The van der Waals surface area contributed by atoms with E-state index < -0.39 is 9.84 Å². The zero-order valence-corrected chi connectivity index (χ0v) is 12.3. The van der Waals surface area contributed by atoms with E-state index in [2.05, 4.69) is 10.1 Å². The fraction of sp³-hybridized carbons (Fsp3) is 0.846. The van der Waals surface area contributed by atoms with Crippen molar-refractivity contribution >= 4 is 9.84 Å². The van der Waals surface area contributed by atoms with E-state index in [9.17, 15) is 13.5 Å². The van der Waals surface area contributed by atoms with Gasteiger partial charge in [-0.2, -0.15) is 5.10 Å². The summed E-state index contributed by atoms with van der Waals surface area (Å²) in [5.41, 5.74) is 0. The molecule has 1 aromatic rings. The molecular formula is C13H21N3O3S. The third kappa shape index (κ3) is 2.61. The first-order valence-corrected chi connectivity index (χ1v) is 9.08. The van der Waals surface area contributed by atoms with Crippen LogP contribution in [0.25, 0.3) is 0 Å². The van der Waals surface area contributed by atoms with Gasteiger partial charge in [-0.15, -0.1) is 0 Å². The zero-order chi connectivity index (χ0) is 14.2. The van der Waals surface area contributed by atoms with Crippen molar-refractivity contribution < 1.29 is 13.5 Å². The third-order valence-electron chi connectivity index (χ3n) is 4.36. The van der Waals surface area contributed by atoms with E-state index >= 15 is 0 Å². The van der Waals surface area contributed by atoms with E-state index in [1.807, 2.05) is 0 Å². The lowest BCUT2D eigenvalue weighted by molar-refractivity contribution is 0.194. The number of aliphatic hydroxyl groups excluding tert-OH is 1. The molecule has 7 heteroatoms. The molecule has 1 saturated heterocycles. The van der Waals surface area contributed by atoms with Gasteiger partial charge >= 0.3 is 0 Å². The Morgan fingerprint density at radius 3 is 2.85 bits per heavy atom. The Hall–Kier alpha value is -0.950. The molecule has 0 bridgehead atoms. The van der Waals surface area contributed by atoms with Gasteiger partial charge in [0.05, 0.1) is 23.7 Å². The van der Waals surface area contributed by atoms with Gasteiger partial charge in [-0.1, -0.05) is 6.42 Å². The molecular weight excluding hydrogens is 278 g/mol. The fourth-order valence-corrected chi connectivity index (χ4v) is 5.06. The minimum atomic E-state index is -2.98. The van der Waals surface area contributed by atoms with Crippen molar-refractivity contribution in [3.8, 4) is 0 Å². The van der Waals surface area contributed by atoms with Crippen LogP contribution in [0.2, 0.25) is 0 Å². The number of hydrogen-bond donors (Lipinski definition) is 1. The lowest BCUT2D eigenvalue weighted by Gasteiger charge is -2.21. The molecule has 1 N–H and O–H groups in total. The van der Waals surface area contributed by atoms with Crippen molar-refractivity contribution in [1.29, 1.82) is 0 Å². The number of sulfone groups is 1. The van der Waals surface area contributed by atoms with Gasteiger partial charge in [0.1, 0.15) is 5.82 Å². The molecule has 0 aliphatic carbocycles. The highest BCUT2D eigenvalue weighted by Gasteiger charge is 2.31. The Labute approximate surface area is 119 Å². The third-order valence-corrected chi connectivity index (χ3v) is 6.64. The average Bonchev–Trinajstić information content (AvgIpc) is 2.83. The summed E-state index contributed by atoms with van der Waals surface area (Å²) in [4.78, 5) is 4.48. The van der Waals surface area contributed by atoms with E-state index in [-0.39, 0.29) is 17.9 Å². The number of rotatable bonds is 3. The Morgan fingerprint density at radius 1 is 1.25 bits per heavy atom. The van der Waals surface area contributed by atoms with Crippen LogP contribution < -0.4 is 0 Å². The second-order valence-electron chi connectivity index (χ2n) is 5.81. The largest absolute Gasteiger partial charge is 0.394 e. The summed E-state index contributed by atoms with van der Waals surface area (Å²) in [6.07, 6.45) is 5.66. The van der Waals surface area contributed by atoms with Crippen LogP contribution in [0.3, 0.4) is 0 Å². The van der Waals surface area contributed by atoms with Gasteiger partial charge in [-0.05, 0) is 25.7 Å². The summed E-state index contributed by atoms with van der Waals surface area (Å²) in [6, 6.07) is 0.00274. The minimum absolute atomic E-state index is 0.00274. The Bertz CT molecular complexity index is 582. The van der Waals surface area contributed by atoms with Crippen LogP contribution in [0.5, 0.6) is 0 Å². The molecule has 1 aromatic heterocycles. The maximum atomic E-state index is 12.0. The van der Waals surface area contributed by atoms with Crippen LogP contribution >= 0.6 is 0 Å². The summed E-state index contributed by atoms with van der Waals surface area (Å²) < 4.78 is 25.9. The molecule has 20 heavy (non-hydrogen) atoms. The Morgan fingerprint density at radius 2 is 2.10 bits per heavy atom. The summed E-state index contributed by atoms with van der Waals surface area (Å²) in [7, 11) is -2.98. The molecule has 0 spiro atoms. The Kier molecular flexibility index (Phi) is 3.81. The fourth-order valence-electron chi connectivity index (χ4n) is 3.19. The topological polar surface area (TPSA) is 85.1 Å². The molecule has 2 atom stereocenters. The number of nitrogens with zero attached hydrogens (tertiary/aromatic N) is 3. The molecule has 0 aromatic carbocycles. The first-order chi connectivity index (χ1) is 9.60. The molecule has 112 valence electrons. The van der Waals surface area contributed by atoms with Crippen LogP contribution in [0.15, 0.2) is 0 Å². The van der Waals surface area contributed by atoms with Crippen LogP contribution in [-0.4, -0.2) is 45.9 Å². The molecule has 3 heterocycles. The lowest BCUT2D eigenvalue weighted by Crippen LogP contribution is -2.30. The molecule has 3 rings (SSSR count). The van der Waals surface area contributed by atoms with Gasteiger partial charge in [0.25, 0.3) is 0 Å². The molecule has 0 radical (unpaired) electrons. The van der Waals surface area contributed by atoms with E-state index in [0.717, 1.165) is 44.3 Å². The number of aryl methyl sites for hydroxylation is 1. The predicted octanol–water partition coefficient (Wildman–Crippen LogP) is 0.658. The first kappa shape index (κ1) is 14.0. The van der Waals surface area contributed by atoms with Crippen molar-refractivity contribution in [3.05, 3.63) is 11.6 Å². The van der Waals surface area contributed by atoms with Crippen molar-refractivity contribution in [1.82, 2.24) is 14.8 Å². The maximum absolute atomic E-state index is 12.0. The zero-order valence-electron chi connectivity index (χ0n) is 11.5. The van der Waals surface area contributed by atoms with E-state index in [1.165, 1.54) is 0 Å². The summed E-state index contributed by atoms with van der Waals surface area (Å²) in [5, 5.41) is 13.5. The SMILES string of the molecule is O=S1(=O)CCCCC1Cc1nc2n(n1)C(CO)CCC2. The van der Waals surface area contributed by atoms with E-state index in [4.69, 9.17) is 0 Å². The summed E-state index contributed by atoms with van der Waals surface area (Å²) in [6.45, 7) is 0.0670. The van der Waals surface area contributed by atoms with Crippen molar-refractivity contribution in [3.63, 3.8) is 0 Å². The lowest BCUT2D eigenvalue weighted by atomic mass is 10.1. The van der Waals surface area contributed by atoms with Gasteiger partial charge < -0.3 is 5.11 Å². The normalized spacial score (nSPS) is 29.1. The highest BCUT2D eigenvalue weighted by atomic mass is 32.2. The Balaban J connectivity index is 1.80. The average molecular weight is 299 g/mol. The van der Waals surface area contributed by atoms with Crippen LogP contribution in [0.1, 0.15) is 49.8 Å². The van der Waals surface area contributed by atoms with Gasteiger partial charge in [-0.3, -0.25) is 0 Å². The highest BCUT2D eigenvalue weighted by molar-refractivity contribution is 7.92. The molecule has 2 aliphatic heterocycles. The smallest absolute Gasteiger partial charge is 0.153 e. The summed E-state index contributed by atoms with van der Waals surface area (Å²) >= 11 is 0. The van der Waals surface area contributed by atoms with E-state index in [0.29, 0.717) is 18.0 Å². The summed E-state index contributed by atoms with van der Waals surface area (Å²) in [5.74, 6) is 1.80. The van der Waals surface area contributed by atoms with Crippen molar-refractivity contribution in [2.45, 2.75) is 56.2 Å².